The van der Waals surface area contributed by atoms with Crippen molar-refractivity contribution in [2.24, 2.45) is 0 Å². The van der Waals surface area contributed by atoms with Crippen LogP contribution in [0.2, 0.25) is 5.02 Å². The highest BCUT2D eigenvalue weighted by Crippen LogP contribution is 2.39. The van der Waals surface area contributed by atoms with Gasteiger partial charge in [0.1, 0.15) is 11.5 Å². The summed E-state index contributed by atoms with van der Waals surface area (Å²) in [6.45, 7) is 3.48. The third kappa shape index (κ3) is 5.09. The average Bonchev–Trinajstić information content (AvgIpc) is 3.01. The number of halogens is 1. The molecule has 31 heavy (non-hydrogen) atoms. The minimum Gasteiger partial charge on any atom is -0.507 e. The first-order valence-corrected chi connectivity index (χ1v) is 10.6. The fourth-order valence-electron chi connectivity index (χ4n) is 3.52. The second-order valence-corrected chi connectivity index (χ2v) is 8.16. The molecule has 2 aromatic carbocycles. The van der Waals surface area contributed by atoms with Crippen molar-refractivity contribution in [2.75, 3.05) is 33.8 Å². The van der Waals surface area contributed by atoms with Gasteiger partial charge in [-0.3, -0.25) is 9.59 Å². The summed E-state index contributed by atoms with van der Waals surface area (Å²) in [5.41, 5.74) is 1.21. The molecule has 0 radical (unpaired) electrons. The first-order chi connectivity index (χ1) is 14.8. The number of carbonyl (C=O) groups is 2. The summed E-state index contributed by atoms with van der Waals surface area (Å²) in [4.78, 5) is 29.3. The Morgan fingerprint density at radius 2 is 1.87 bits per heavy atom. The largest absolute Gasteiger partial charge is 0.507 e. The predicted molar refractivity (Wildman–Crippen MR) is 121 cm³/mol. The second kappa shape index (κ2) is 9.98. The van der Waals surface area contributed by atoms with E-state index in [1.807, 2.05) is 25.9 Å². The minimum atomic E-state index is -0.698. The van der Waals surface area contributed by atoms with Crippen LogP contribution in [0.4, 0.5) is 0 Å². The van der Waals surface area contributed by atoms with E-state index in [1.165, 1.54) is 4.90 Å². The summed E-state index contributed by atoms with van der Waals surface area (Å²) in [6, 6.07) is 13.2. The summed E-state index contributed by atoms with van der Waals surface area (Å²) >= 11 is 6.04. The Balaban J connectivity index is 2.09. The molecule has 1 aliphatic heterocycles. The molecule has 0 aromatic heterocycles. The zero-order chi connectivity index (χ0) is 22.5. The second-order valence-electron chi connectivity index (χ2n) is 7.72. The van der Waals surface area contributed by atoms with Gasteiger partial charge in [0.25, 0.3) is 11.7 Å². The Kier molecular flexibility index (Phi) is 7.36. The third-order valence-electron chi connectivity index (χ3n) is 5.09. The van der Waals surface area contributed by atoms with Crippen LogP contribution in [0.3, 0.4) is 0 Å². The molecule has 1 N–H and O–H groups in total. The summed E-state index contributed by atoms with van der Waals surface area (Å²) in [5.74, 6) is -0.943. The molecule has 1 saturated heterocycles. The molecule has 1 fully saturated rings. The van der Waals surface area contributed by atoms with Gasteiger partial charge < -0.3 is 19.6 Å². The molecule has 0 aliphatic carbocycles. The summed E-state index contributed by atoms with van der Waals surface area (Å²) in [7, 11) is 3.80. The molecule has 3 rings (SSSR count). The van der Waals surface area contributed by atoms with E-state index in [2.05, 4.69) is 0 Å². The molecule has 0 saturated carbocycles. The Morgan fingerprint density at radius 1 is 1.16 bits per heavy atom. The molecule has 7 heteroatoms. The molecule has 1 aliphatic rings. The predicted octanol–water partition coefficient (Wildman–Crippen LogP) is 4.11. The van der Waals surface area contributed by atoms with E-state index in [4.69, 9.17) is 16.3 Å². The van der Waals surface area contributed by atoms with Gasteiger partial charge in [-0.1, -0.05) is 42.8 Å². The average molecular weight is 443 g/mol. The number of nitrogens with zero attached hydrogens (tertiary/aromatic N) is 2. The molecular formula is C24H27ClN2O4. The number of benzene rings is 2. The van der Waals surface area contributed by atoms with Crippen LogP contribution < -0.4 is 4.74 Å². The fraction of sp³-hybridized carbons (Fsp3) is 0.333. The van der Waals surface area contributed by atoms with Crippen molar-refractivity contribution in [3.05, 3.63) is 70.3 Å². The maximum absolute atomic E-state index is 13.0. The summed E-state index contributed by atoms with van der Waals surface area (Å²) in [6.07, 6.45) is 0.851. The minimum absolute atomic E-state index is 0.0683. The number of amides is 1. The lowest BCUT2D eigenvalue weighted by molar-refractivity contribution is -0.140. The van der Waals surface area contributed by atoms with Gasteiger partial charge in [-0.2, -0.15) is 0 Å². The molecule has 6 nitrogen and oxygen atoms in total. The van der Waals surface area contributed by atoms with Gasteiger partial charge in [0.05, 0.1) is 18.2 Å². The highest BCUT2D eigenvalue weighted by molar-refractivity contribution is 6.46. The standard InChI is InChI=1S/C24H27ClN2O4/c1-4-14-31-19-7-5-6-17(15-19)22(28)20-21(16-8-10-18(25)11-9-16)27(13-12-26(2)3)24(30)23(20)29/h5-11,15,21,28H,4,12-14H2,1-3H3/b22-20-. The van der Waals surface area contributed by atoms with Gasteiger partial charge in [0, 0.05) is 23.7 Å². The molecule has 164 valence electrons. The maximum atomic E-state index is 13.0. The van der Waals surface area contributed by atoms with Crippen molar-refractivity contribution in [2.45, 2.75) is 19.4 Å². The lowest BCUT2D eigenvalue weighted by atomic mass is 9.95. The number of Topliss-reactive ketones (excluding diaryl/α,β-unsaturated/α-hetero) is 1. The fourth-order valence-corrected chi connectivity index (χ4v) is 3.64. The third-order valence-corrected chi connectivity index (χ3v) is 5.35. The van der Waals surface area contributed by atoms with Crippen LogP contribution in [0, 0.1) is 0 Å². The number of hydrogen-bond donors (Lipinski definition) is 1. The van der Waals surface area contributed by atoms with Crippen LogP contribution in [-0.2, 0) is 9.59 Å². The smallest absolute Gasteiger partial charge is 0.295 e. The van der Waals surface area contributed by atoms with E-state index >= 15 is 0 Å². The van der Waals surface area contributed by atoms with Crippen LogP contribution in [0.5, 0.6) is 5.75 Å². The number of ketones is 1. The van der Waals surface area contributed by atoms with E-state index in [1.54, 1.807) is 48.5 Å². The number of aliphatic hydroxyl groups is 1. The van der Waals surface area contributed by atoms with Gasteiger partial charge in [0.2, 0.25) is 0 Å². The monoisotopic (exact) mass is 442 g/mol. The van der Waals surface area contributed by atoms with Crippen LogP contribution in [0.15, 0.2) is 54.1 Å². The Bertz CT molecular complexity index is 985. The molecule has 0 spiro atoms. The van der Waals surface area contributed by atoms with E-state index in [0.29, 0.717) is 41.6 Å². The number of ether oxygens (including phenoxy) is 1. The number of likely N-dealkylation sites (tertiary alicyclic amines) is 1. The maximum Gasteiger partial charge on any atom is 0.295 e. The number of aliphatic hydroxyl groups excluding tert-OH is 1. The van der Waals surface area contributed by atoms with Crippen LogP contribution in [0.25, 0.3) is 5.76 Å². The van der Waals surface area contributed by atoms with Crippen molar-refractivity contribution < 1.29 is 19.4 Å². The van der Waals surface area contributed by atoms with Crippen molar-refractivity contribution in [1.82, 2.24) is 9.80 Å². The summed E-state index contributed by atoms with van der Waals surface area (Å²) in [5, 5.41) is 11.7. The number of hydrogen-bond acceptors (Lipinski definition) is 5. The van der Waals surface area contributed by atoms with Crippen molar-refractivity contribution in [1.29, 1.82) is 0 Å². The molecule has 1 atom stereocenters. The normalized spacial score (nSPS) is 18.1. The topological polar surface area (TPSA) is 70.1 Å². The molecular weight excluding hydrogens is 416 g/mol. The summed E-state index contributed by atoms with van der Waals surface area (Å²) < 4.78 is 5.65. The van der Waals surface area contributed by atoms with Gasteiger partial charge in [0.15, 0.2) is 0 Å². The first-order valence-electron chi connectivity index (χ1n) is 10.2. The molecule has 2 aromatic rings. The number of likely N-dealkylation sites (N-methyl/N-ethyl adjacent to an activating group) is 1. The molecule has 1 unspecified atom stereocenters. The van der Waals surface area contributed by atoms with Gasteiger partial charge >= 0.3 is 0 Å². The van der Waals surface area contributed by atoms with Crippen molar-refractivity contribution in [3.8, 4) is 5.75 Å². The van der Waals surface area contributed by atoms with Gasteiger partial charge in [-0.25, -0.2) is 0 Å². The quantitative estimate of drug-likeness (QED) is 0.378. The lowest BCUT2D eigenvalue weighted by Gasteiger charge is -2.26. The van der Waals surface area contributed by atoms with Crippen LogP contribution >= 0.6 is 11.6 Å². The number of carbonyl (C=O) groups excluding carboxylic acids is 2. The molecule has 1 amide bonds. The zero-order valence-corrected chi connectivity index (χ0v) is 18.7. The van der Waals surface area contributed by atoms with Crippen LogP contribution in [0.1, 0.15) is 30.5 Å². The first kappa shape index (κ1) is 22.8. The Labute approximate surface area is 187 Å². The van der Waals surface area contributed by atoms with Crippen LogP contribution in [-0.4, -0.2) is 60.4 Å². The van der Waals surface area contributed by atoms with Gasteiger partial charge in [-0.15, -0.1) is 0 Å². The molecule has 1 heterocycles. The van der Waals surface area contributed by atoms with E-state index in [-0.39, 0.29) is 11.3 Å². The van der Waals surface area contributed by atoms with E-state index < -0.39 is 17.7 Å². The van der Waals surface area contributed by atoms with Gasteiger partial charge in [-0.05, 0) is 50.3 Å². The highest BCUT2D eigenvalue weighted by Gasteiger charge is 2.45. The zero-order valence-electron chi connectivity index (χ0n) is 18.0. The van der Waals surface area contributed by atoms with E-state index in [0.717, 1.165) is 6.42 Å². The molecule has 0 bridgehead atoms. The highest BCUT2D eigenvalue weighted by atomic mass is 35.5. The van der Waals surface area contributed by atoms with Crippen molar-refractivity contribution >= 4 is 29.1 Å². The Hall–Kier alpha value is -2.83. The Morgan fingerprint density at radius 3 is 2.52 bits per heavy atom. The number of rotatable bonds is 8. The lowest BCUT2D eigenvalue weighted by Crippen LogP contribution is -2.35. The van der Waals surface area contributed by atoms with Crippen molar-refractivity contribution in [3.63, 3.8) is 0 Å². The van der Waals surface area contributed by atoms with E-state index in [9.17, 15) is 14.7 Å². The SMILES string of the molecule is CCCOc1cccc(/C(O)=C2/C(=O)C(=O)N(CCN(C)C)C2c2ccc(Cl)cc2)c1.